The number of hydrogen-bond acceptors (Lipinski definition) is 3. The third kappa shape index (κ3) is 2.66. The molecule has 0 amide bonds. The SMILES string of the molecule is COc1ccc2c(c1)C(NC(C(=O)O)C1CC1)CCC2. The fourth-order valence-corrected chi connectivity index (χ4v) is 3.13. The molecule has 2 aliphatic rings. The van der Waals surface area contributed by atoms with E-state index in [1.54, 1.807) is 7.11 Å². The van der Waals surface area contributed by atoms with Crippen molar-refractivity contribution in [3.63, 3.8) is 0 Å². The largest absolute Gasteiger partial charge is 0.497 e. The predicted octanol–water partition coefficient (Wildman–Crippen LogP) is 2.53. The molecule has 2 unspecified atom stereocenters. The summed E-state index contributed by atoms with van der Waals surface area (Å²) in [7, 11) is 1.66. The second-order valence-corrected chi connectivity index (χ2v) is 5.83. The lowest BCUT2D eigenvalue weighted by Crippen LogP contribution is -2.41. The quantitative estimate of drug-likeness (QED) is 0.867. The molecule has 0 heterocycles. The standard InChI is InChI=1S/C16H21NO3/c1-20-12-8-7-10-3-2-4-14(13(10)9-12)17-15(16(18)19)11-5-6-11/h7-9,11,14-15,17H,2-6H2,1H3,(H,18,19). The number of carbonyl (C=O) groups is 1. The van der Waals surface area contributed by atoms with Gasteiger partial charge in [0, 0.05) is 6.04 Å². The van der Waals surface area contributed by atoms with Crippen molar-refractivity contribution in [2.75, 3.05) is 7.11 Å². The summed E-state index contributed by atoms with van der Waals surface area (Å²) < 4.78 is 5.30. The highest BCUT2D eigenvalue weighted by atomic mass is 16.5. The maximum Gasteiger partial charge on any atom is 0.320 e. The van der Waals surface area contributed by atoms with Gasteiger partial charge in [-0.2, -0.15) is 0 Å². The summed E-state index contributed by atoms with van der Waals surface area (Å²) in [5, 5.41) is 12.7. The maximum absolute atomic E-state index is 11.4. The first-order valence-electron chi connectivity index (χ1n) is 7.34. The van der Waals surface area contributed by atoms with E-state index in [0.717, 1.165) is 37.9 Å². The van der Waals surface area contributed by atoms with Crippen LogP contribution in [0.2, 0.25) is 0 Å². The predicted molar refractivity (Wildman–Crippen MR) is 76.0 cm³/mol. The van der Waals surface area contributed by atoms with Crippen molar-refractivity contribution in [2.45, 2.75) is 44.2 Å². The Kier molecular flexibility index (Phi) is 3.66. The number of rotatable bonds is 5. The third-order valence-electron chi connectivity index (χ3n) is 4.41. The normalized spacial score (nSPS) is 22.9. The van der Waals surface area contributed by atoms with Gasteiger partial charge in [-0.25, -0.2) is 0 Å². The number of benzene rings is 1. The first kappa shape index (κ1) is 13.4. The lowest BCUT2D eigenvalue weighted by Gasteiger charge is -2.29. The molecule has 108 valence electrons. The Balaban J connectivity index is 1.83. The molecule has 1 aromatic carbocycles. The topological polar surface area (TPSA) is 58.6 Å². The van der Waals surface area contributed by atoms with Crippen molar-refractivity contribution >= 4 is 5.97 Å². The molecule has 20 heavy (non-hydrogen) atoms. The molecule has 0 bridgehead atoms. The Bertz CT molecular complexity index is 510. The van der Waals surface area contributed by atoms with Crippen LogP contribution in [-0.2, 0) is 11.2 Å². The van der Waals surface area contributed by atoms with Gasteiger partial charge in [-0.05, 0) is 61.3 Å². The molecular weight excluding hydrogens is 254 g/mol. The lowest BCUT2D eigenvalue weighted by molar-refractivity contribution is -0.140. The van der Waals surface area contributed by atoms with Crippen LogP contribution in [0, 0.1) is 5.92 Å². The maximum atomic E-state index is 11.4. The molecule has 2 aliphatic carbocycles. The number of nitrogens with one attached hydrogen (secondary N) is 1. The van der Waals surface area contributed by atoms with Crippen molar-refractivity contribution < 1.29 is 14.6 Å². The van der Waals surface area contributed by atoms with Crippen LogP contribution in [0.25, 0.3) is 0 Å². The zero-order valence-electron chi connectivity index (χ0n) is 11.8. The molecule has 0 aromatic heterocycles. The fourth-order valence-electron chi connectivity index (χ4n) is 3.13. The molecule has 2 atom stereocenters. The van der Waals surface area contributed by atoms with Gasteiger partial charge in [0.1, 0.15) is 11.8 Å². The van der Waals surface area contributed by atoms with Gasteiger partial charge >= 0.3 is 5.97 Å². The number of hydrogen-bond donors (Lipinski definition) is 2. The zero-order valence-corrected chi connectivity index (χ0v) is 11.8. The number of ether oxygens (including phenoxy) is 1. The van der Waals surface area contributed by atoms with Crippen LogP contribution in [0.3, 0.4) is 0 Å². The molecule has 0 aliphatic heterocycles. The van der Waals surface area contributed by atoms with E-state index in [1.165, 1.54) is 11.1 Å². The van der Waals surface area contributed by atoms with Crippen molar-refractivity contribution in [1.82, 2.24) is 5.32 Å². The molecule has 0 saturated heterocycles. The van der Waals surface area contributed by atoms with E-state index in [1.807, 2.05) is 6.07 Å². The Hall–Kier alpha value is -1.55. The molecular formula is C16H21NO3. The summed E-state index contributed by atoms with van der Waals surface area (Å²) in [6.45, 7) is 0. The van der Waals surface area contributed by atoms with Crippen molar-refractivity contribution in [3.8, 4) is 5.75 Å². The fraction of sp³-hybridized carbons (Fsp3) is 0.562. The van der Waals surface area contributed by atoms with Gasteiger partial charge in [0.05, 0.1) is 7.11 Å². The van der Waals surface area contributed by atoms with Gasteiger partial charge in [0.15, 0.2) is 0 Å². The van der Waals surface area contributed by atoms with Crippen molar-refractivity contribution in [3.05, 3.63) is 29.3 Å². The summed E-state index contributed by atoms with van der Waals surface area (Å²) in [5.74, 6) is 0.432. The molecule has 0 radical (unpaired) electrons. The van der Waals surface area contributed by atoms with Gasteiger partial charge < -0.3 is 9.84 Å². The molecule has 2 N–H and O–H groups in total. The van der Waals surface area contributed by atoms with Crippen LogP contribution in [0.1, 0.15) is 42.9 Å². The summed E-state index contributed by atoms with van der Waals surface area (Å²) in [5.41, 5.74) is 2.52. The minimum Gasteiger partial charge on any atom is -0.497 e. The molecule has 4 nitrogen and oxygen atoms in total. The van der Waals surface area contributed by atoms with Crippen LogP contribution in [0.5, 0.6) is 5.75 Å². The summed E-state index contributed by atoms with van der Waals surface area (Å²) in [6.07, 6.45) is 5.23. The molecule has 1 saturated carbocycles. The average Bonchev–Trinajstić information content (AvgIpc) is 3.28. The highest BCUT2D eigenvalue weighted by Gasteiger charge is 2.38. The highest BCUT2D eigenvalue weighted by Crippen LogP contribution is 2.37. The number of methoxy groups -OCH3 is 1. The molecule has 0 spiro atoms. The Labute approximate surface area is 119 Å². The van der Waals surface area contributed by atoms with Crippen molar-refractivity contribution in [1.29, 1.82) is 0 Å². The van der Waals surface area contributed by atoms with Crippen LogP contribution in [0.4, 0.5) is 0 Å². The van der Waals surface area contributed by atoms with E-state index in [9.17, 15) is 9.90 Å². The third-order valence-corrected chi connectivity index (χ3v) is 4.41. The number of fused-ring (bicyclic) bond motifs is 1. The first-order valence-corrected chi connectivity index (χ1v) is 7.34. The number of aliphatic carboxylic acids is 1. The number of carboxylic acids is 1. The van der Waals surface area contributed by atoms with E-state index < -0.39 is 12.0 Å². The summed E-state index contributed by atoms with van der Waals surface area (Å²) >= 11 is 0. The highest BCUT2D eigenvalue weighted by molar-refractivity contribution is 5.74. The molecule has 4 heteroatoms. The second-order valence-electron chi connectivity index (χ2n) is 5.83. The zero-order chi connectivity index (χ0) is 14.1. The number of carboxylic acid groups (broad SMARTS) is 1. The molecule has 3 rings (SSSR count). The van der Waals surface area contributed by atoms with Gasteiger partial charge in [0.2, 0.25) is 0 Å². The summed E-state index contributed by atoms with van der Waals surface area (Å²) in [4.78, 5) is 11.4. The average molecular weight is 275 g/mol. The van der Waals surface area contributed by atoms with Gasteiger partial charge in [0.25, 0.3) is 0 Å². The molecule has 1 fully saturated rings. The summed E-state index contributed by atoms with van der Waals surface area (Å²) in [6, 6.07) is 5.87. The van der Waals surface area contributed by atoms with Gasteiger partial charge in [-0.3, -0.25) is 10.1 Å². The van der Waals surface area contributed by atoms with Crippen LogP contribution >= 0.6 is 0 Å². The smallest absolute Gasteiger partial charge is 0.320 e. The van der Waals surface area contributed by atoms with Crippen LogP contribution in [-0.4, -0.2) is 24.2 Å². The minimum absolute atomic E-state index is 0.135. The first-order chi connectivity index (χ1) is 9.69. The lowest BCUT2D eigenvalue weighted by atomic mass is 9.87. The van der Waals surface area contributed by atoms with E-state index >= 15 is 0 Å². The van der Waals surface area contributed by atoms with Crippen LogP contribution < -0.4 is 10.1 Å². The molecule has 1 aromatic rings. The van der Waals surface area contributed by atoms with E-state index in [-0.39, 0.29) is 6.04 Å². The van der Waals surface area contributed by atoms with E-state index in [4.69, 9.17) is 4.74 Å². The Morgan fingerprint density at radius 1 is 1.40 bits per heavy atom. The Morgan fingerprint density at radius 3 is 2.85 bits per heavy atom. The van der Waals surface area contributed by atoms with Gasteiger partial charge in [-0.15, -0.1) is 0 Å². The van der Waals surface area contributed by atoms with Crippen LogP contribution in [0.15, 0.2) is 18.2 Å². The van der Waals surface area contributed by atoms with Crippen molar-refractivity contribution in [2.24, 2.45) is 5.92 Å². The minimum atomic E-state index is -0.720. The van der Waals surface area contributed by atoms with E-state index in [0.29, 0.717) is 5.92 Å². The van der Waals surface area contributed by atoms with Gasteiger partial charge in [-0.1, -0.05) is 6.07 Å². The second kappa shape index (κ2) is 5.44. The number of aryl methyl sites for hydroxylation is 1. The Morgan fingerprint density at radius 2 is 2.20 bits per heavy atom. The monoisotopic (exact) mass is 275 g/mol. The van der Waals surface area contributed by atoms with E-state index in [2.05, 4.69) is 17.4 Å².